The second kappa shape index (κ2) is 8.29. The molecule has 6 nitrogen and oxygen atoms in total. The van der Waals surface area contributed by atoms with E-state index in [9.17, 15) is 4.79 Å². The van der Waals surface area contributed by atoms with Gasteiger partial charge in [-0.25, -0.2) is 4.79 Å². The van der Waals surface area contributed by atoms with E-state index in [1.165, 1.54) is 4.90 Å². The largest absolute Gasteiger partial charge is 0.374 e. The summed E-state index contributed by atoms with van der Waals surface area (Å²) in [7, 11) is 3.47. The lowest BCUT2D eigenvalue weighted by atomic mass is 10.2. The number of amides is 2. The highest BCUT2D eigenvalue weighted by atomic mass is 16.5. The SMILES string of the molecule is CCN1CCOC(CNCCNC(=O)N(C)C)C1. The van der Waals surface area contributed by atoms with Crippen molar-refractivity contribution in [2.24, 2.45) is 0 Å². The maximum absolute atomic E-state index is 11.2. The summed E-state index contributed by atoms with van der Waals surface area (Å²) >= 11 is 0. The molecule has 0 aromatic heterocycles. The van der Waals surface area contributed by atoms with Crippen LogP contribution in [-0.4, -0.2) is 81.9 Å². The molecule has 0 spiro atoms. The number of carbonyl (C=O) groups excluding carboxylic acids is 1. The Hall–Kier alpha value is -0.850. The number of nitrogens with zero attached hydrogens (tertiary/aromatic N) is 2. The zero-order valence-electron chi connectivity index (χ0n) is 11.7. The van der Waals surface area contributed by atoms with Crippen molar-refractivity contribution in [3.63, 3.8) is 0 Å². The van der Waals surface area contributed by atoms with Crippen LogP contribution in [0.25, 0.3) is 0 Å². The maximum Gasteiger partial charge on any atom is 0.316 e. The van der Waals surface area contributed by atoms with E-state index in [0.29, 0.717) is 6.54 Å². The fourth-order valence-electron chi connectivity index (χ4n) is 1.87. The molecule has 1 heterocycles. The molecule has 1 aliphatic heterocycles. The van der Waals surface area contributed by atoms with Crippen LogP contribution in [0.5, 0.6) is 0 Å². The highest BCUT2D eigenvalue weighted by molar-refractivity contribution is 5.73. The molecule has 0 saturated carbocycles. The summed E-state index contributed by atoms with van der Waals surface area (Å²) in [4.78, 5) is 15.2. The molecule has 2 N–H and O–H groups in total. The third-order valence-electron chi connectivity index (χ3n) is 3.03. The topological polar surface area (TPSA) is 56.8 Å². The first-order valence-electron chi connectivity index (χ1n) is 6.63. The summed E-state index contributed by atoms with van der Waals surface area (Å²) in [6.45, 7) is 8.35. The Morgan fingerprint density at radius 1 is 1.44 bits per heavy atom. The Morgan fingerprint density at radius 2 is 2.22 bits per heavy atom. The van der Waals surface area contributed by atoms with E-state index in [1.54, 1.807) is 14.1 Å². The summed E-state index contributed by atoms with van der Waals surface area (Å²) in [5, 5.41) is 6.12. The molecule has 0 radical (unpaired) electrons. The molecular formula is C12H26N4O2. The van der Waals surface area contributed by atoms with Crippen molar-refractivity contribution in [2.45, 2.75) is 13.0 Å². The van der Waals surface area contributed by atoms with Gasteiger partial charge in [0.25, 0.3) is 0 Å². The molecule has 1 saturated heterocycles. The van der Waals surface area contributed by atoms with Crippen LogP contribution in [0.15, 0.2) is 0 Å². The maximum atomic E-state index is 11.2. The minimum absolute atomic E-state index is 0.0529. The predicted octanol–water partition coefficient (Wildman–Crippen LogP) is -0.432. The fraction of sp³-hybridized carbons (Fsp3) is 0.917. The molecule has 18 heavy (non-hydrogen) atoms. The highest BCUT2D eigenvalue weighted by Gasteiger charge is 2.18. The molecule has 1 unspecified atom stereocenters. The van der Waals surface area contributed by atoms with Gasteiger partial charge in [0.05, 0.1) is 12.7 Å². The Morgan fingerprint density at radius 3 is 2.89 bits per heavy atom. The zero-order valence-corrected chi connectivity index (χ0v) is 11.7. The lowest BCUT2D eigenvalue weighted by Gasteiger charge is -2.32. The molecule has 0 aromatic rings. The fourth-order valence-corrected chi connectivity index (χ4v) is 1.87. The van der Waals surface area contributed by atoms with E-state index in [0.717, 1.165) is 39.3 Å². The number of urea groups is 1. The number of morpholine rings is 1. The molecule has 0 bridgehead atoms. The average molecular weight is 258 g/mol. The molecule has 2 amide bonds. The third-order valence-corrected chi connectivity index (χ3v) is 3.03. The monoisotopic (exact) mass is 258 g/mol. The highest BCUT2D eigenvalue weighted by Crippen LogP contribution is 2.03. The van der Waals surface area contributed by atoms with Gasteiger partial charge in [-0.3, -0.25) is 4.90 Å². The van der Waals surface area contributed by atoms with Crippen LogP contribution in [-0.2, 0) is 4.74 Å². The first kappa shape index (κ1) is 15.2. The van der Waals surface area contributed by atoms with E-state index in [1.807, 2.05) is 0 Å². The molecular weight excluding hydrogens is 232 g/mol. The van der Waals surface area contributed by atoms with Crippen LogP contribution in [0.4, 0.5) is 4.79 Å². The van der Waals surface area contributed by atoms with Gasteiger partial charge >= 0.3 is 6.03 Å². The van der Waals surface area contributed by atoms with E-state index in [-0.39, 0.29) is 12.1 Å². The number of hydrogen-bond acceptors (Lipinski definition) is 4. The third kappa shape index (κ3) is 5.66. The van der Waals surface area contributed by atoms with Crippen LogP contribution in [0, 0.1) is 0 Å². The van der Waals surface area contributed by atoms with Crippen molar-refractivity contribution in [2.75, 3.05) is 60.0 Å². The molecule has 0 aliphatic carbocycles. The number of hydrogen-bond donors (Lipinski definition) is 2. The molecule has 106 valence electrons. The molecule has 6 heteroatoms. The average Bonchev–Trinajstić information content (AvgIpc) is 2.38. The number of ether oxygens (including phenoxy) is 1. The summed E-state index contributed by atoms with van der Waals surface area (Å²) in [6, 6.07) is -0.0529. The summed E-state index contributed by atoms with van der Waals surface area (Å²) in [6.07, 6.45) is 0.267. The van der Waals surface area contributed by atoms with Crippen molar-refractivity contribution >= 4 is 6.03 Å². The van der Waals surface area contributed by atoms with Gasteiger partial charge in [0.2, 0.25) is 0 Å². The molecule has 1 fully saturated rings. The molecule has 0 aromatic carbocycles. The number of carbonyl (C=O) groups is 1. The van der Waals surface area contributed by atoms with Crippen molar-refractivity contribution < 1.29 is 9.53 Å². The van der Waals surface area contributed by atoms with Gasteiger partial charge in [0.1, 0.15) is 0 Å². The van der Waals surface area contributed by atoms with Crippen LogP contribution in [0.1, 0.15) is 6.92 Å². The van der Waals surface area contributed by atoms with Gasteiger partial charge in [0, 0.05) is 46.8 Å². The normalized spacial score (nSPS) is 20.7. The van der Waals surface area contributed by atoms with E-state index >= 15 is 0 Å². The zero-order chi connectivity index (χ0) is 13.4. The summed E-state index contributed by atoms with van der Waals surface area (Å²) < 4.78 is 5.68. The second-order valence-electron chi connectivity index (χ2n) is 4.72. The van der Waals surface area contributed by atoms with Crippen molar-refractivity contribution in [1.29, 1.82) is 0 Å². The number of nitrogens with one attached hydrogen (secondary N) is 2. The predicted molar refractivity (Wildman–Crippen MR) is 71.8 cm³/mol. The quantitative estimate of drug-likeness (QED) is 0.635. The van der Waals surface area contributed by atoms with Gasteiger partial charge in [-0.05, 0) is 6.54 Å². The Kier molecular flexibility index (Phi) is 7.00. The van der Waals surface area contributed by atoms with E-state index in [4.69, 9.17) is 4.74 Å². The molecule has 1 rings (SSSR count). The van der Waals surface area contributed by atoms with Crippen LogP contribution in [0.2, 0.25) is 0 Å². The minimum Gasteiger partial charge on any atom is -0.374 e. The smallest absolute Gasteiger partial charge is 0.316 e. The van der Waals surface area contributed by atoms with Crippen LogP contribution >= 0.6 is 0 Å². The van der Waals surface area contributed by atoms with Gasteiger partial charge in [-0.15, -0.1) is 0 Å². The van der Waals surface area contributed by atoms with Crippen LogP contribution in [0.3, 0.4) is 0 Å². The summed E-state index contributed by atoms with van der Waals surface area (Å²) in [5.41, 5.74) is 0. The van der Waals surface area contributed by atoms with Gasteiger partial charge in [0.15, 0.2) is 0 Å². The first-order chi connectivity index (χ1) is 8.63. The standard InChI is InChI=1S/C12H26N4O2/c1-4-16-7-8-18-11(10-16)9-13-5-6-14-12(17)15(2)3/h11,13H,4-10H2,1-3H3,(H,14,17). The van der Waals surface area contributed by atoms with Crippen molar-refractivity contribution in [3.8, 4) is 0 Å². The van der Waals surface area contributed by atoms with Crippen molar-refractivity contribution in [1.82, 2.24) is 20.4 Å². The minimum atomic E-state index is -0.0529. The second-order valence-corrected chi connectivity index (χ2v) is 4.72. The first-order valence-corrected chi connectivity index (χ1v) is 6.63. The van der Waals surface area contributed by atoms with Gasteiger partial charge in [-0.1, -0.05) is 6.92 Å². The Bertz CT molecular complexity index is 248. The van der Waals surface area contributed by atoms with Gasteiger partial charge in [-0.2, -0.15) is 0 Å². The Labute approximate surface area is 110 Å². The van der Waals surface area contributed by atoms with Gasteiger partial charge < -0.3 is 20.3 Å². The molecule has 1 aliphatic rings. The molecule has 1 atom stereocenters. The number of likely N-dealkylation sites (N-methyl/N-ethyl adjacent to an activating group) is 1. The summed E-state index contributed by atoms with van der Waals surface area (Å²) in [5.74, 6) is 0. The van der Waals surface area contributed by atoms with Crippen LogP contribution < -0.4 is 10.6 Å². The van der Waals surface area contributed by atoms with Crippen molar-refractivity contribution in [3.05, 3.63) is 0 Å². The lowest BCUT2D eigenvalue weighted by Crippen LogP contribution is -2.47. The van der Waals surface area contributed by atoms with E-state index in [2.05, 4.69) is 22.5 Å². The number of rotatable bonds is 6. The Balaban J connectivity index is 2.02. The van der Waals surface area contributed by atoms with E-state index < -0.39 is 0 Å². The lowest BCUT2D eigenvalue weighted by molar-refractivity contribution is -0.0250.